The molecular formula is C34H46BrFN2O2. The van der Waals surface area contributed by atoms with Crippen molar-refractivity contribution in [2.45, 2.75) is 96.9 Å². The number of carbonyl (C=O) groups is 1. The maximum absolute atomic E-state index is 14.6. The SMILES string of the molecule is CCCCCCCCCCCCCCOc1c(F)cccc1CC(=O)Nc1ccccc1C[n+]1ccccc1.[Br-]. The van der Waals surface area contributed by atoms with E-state index < -0.39 is 5.82 Å². The van der Waals surface area contributed by atoms with Crippen LogP contribution in [0.25, 0.3) is 0 Å². The molecule has 3 rings (SSSR count). The summed E-state index contributed by atoms with van der Waals surface area (Å²) in [6.45, 7) is 3.36. The van der Waals surface area contributed by atoms with Gasteiger partial charge in [-0.1, -0.05) is 114 Å². The van der Waals surface area contributed by atoms with Crippen molar-refractivity contribution in [2.24, 2.45) is 0 Å². The van der Waals surface area contributed by atoms with Gasteiger partial charge in [-0.3, -0.25) is 4.79 Å². The molecule has 3 aromatic rings. The number of anilines is 1. The summed E-state index contributed by atoms with van der Waals surface area (Å²) >= 11 is 0. The van der Waals surface area contributed by atoms with Crippen molar-refractivity contribution in [1.82, 2.24) is 0 Å². The van der Waals surface area contributed by atoms with Crippen LogP contribution in [0.1, 0.15) is 95.1 Å². The zero-order chi connectivity index (χ0) is 27.5. The van der Waals surface area contributed by atoms with Crippen molar-refractivity contribution in [3.8, 4) is 5.75 Å². The number of para-hydroxylation sites is 2. The Labute approximate surface area is 251 Å². The number of carbonyl (C=O) groups excluding carboxylic acids is 1. The first kappa shape index (κ1) is 33.5. The number of hydrogen-bond donors (Lipinski definition) is 1. The minimum atomic E-state index is -0.417. The number of rotatable bonds is 19. The first-order chi connectivity index (χ1) is 19.2. The topological polar surface area (TPSA) is 42.2 Å². The van der Waals surface area contributed by atoms with E-state index in [9.17, 15) is 9.18 Å². The highest BCUT2D eigenvalue weighted by molar-refractivity contribution is 5.93. The van der Waals surface area contributed by atoms with Crippen LogP contribution >= 0.6 is 0 Å². The zero-order valence-corrected chi connectivity index (χ0v) is 25.6. The Morgan fingerprint density at radius 1 is 0.750 bits per heavy atom. The van der Waals surface area contributed by atoms with Crippen molar-refractivity contribution < 1.29 is 35.5 Å². The summed E-state index contributed by atoms with van der Waals surface area (Å²) in [4.78, 5) is 12.9. The number of halogens is 2. The lowest BCUT2D eigenvalue weighted by molar-refractivity contribution is -0.688. The molecular weight excluding hydrogens is 567 g/mol. The molecule has 0 aliphatic carbocycles. The van der Waals surface area contributed by atoms with Gasteiger partial charge in [0.1, 0.15) is 0 Å². The molecule has 1 aromatic heterocycles. The Balaban J connectivity index is 0.00000560. The molecule has 4 nitrogen and oxygen atoms in total. The van der Waals surface area contributed by atoms with E-state index in [1.807, 2.05) is 54.9 Å². The van der Waals surface area contributed by atoms with Gasteiger partial charge in [0.15, 0.2) is 30.5 Å². The smallest absolute Gasteiger partial charge is 0.228 e. The Bertz CT molecular complexity index is 1110. The van der Waals surface area contributed by atoms with Crippen LogP contribution in [0.15, 0.2) is 73.1 Å². The monoisotopic (exact) mass is 612 g/mol. The predicted octanol–water partition coefficient (Wildman–Crippen LogP) is 5.43. The van der Waals surface area contributed by atoms with Crippen LogP contribution in [0.2, 0.25) is 0 Å². The van der Waals surface area contributed by atoms with Crippen LogP contribution in [0, 0.1) is 5.82 Å². The third-order valence-electron chi connectivity index (χ3n) is 7.07. The third kappa shape index (κ3) is 12.6. The summed E-state index contributed by atoms with van der Waals surface area (Å²) in [5, 5.41) is 3.01. The van der Waals surface area contributed by atoms with Gasteiger partial charge in [0, 0.05) is 23.3 Å². The van der Waals surface area contributed by atoms with E-state index in [2.05, 4.69) is 16.8 Å². The standard InChI is InChI=1S/C34H45FN2O2.BrH/c1-2-3-4-5-6-7-8-9-10-11-12-18-26-39-34-29(21-19-22-31(34)35)27-33(38)36-32-23-15-14-20-30(32)28-37-24-16-13-17-25-37;/h13-17,19-25H,2-12,18,26-28H2,1H3;1H. The summed E-state index contributed by atoms with van der Waals surface area (Å²) < 4.78 is 22.5. The van der Waals surface area contributed by atoms with Gasteiger partial charge in [0.25, 0.3) is 0 Å². The summed E-state index contributed by atoms with van der Waals surface area (Å²) in [5.41, 5.74) is 2.33. The number of pyridine rings is 1. The lowest BCUT2D eigenvalue weighted by Crippen LogP contribution is -3.00. The van der Waals surface area contributed by atoms with Crippen LogP contribution in [0.3, 0.4) is 0 Å². The van der Waals surface area contributed by atoms with Gasteiger partial charge in [-0.2, -0.15) is 0 Å². The number of ether oxygens (including phenoxy) is 1. The Morgan fingerprint density at radius 2 is 1.35 bits per heavy atom. The molecule has 0 saturated carbocycles. The third-order valence-corrected chi connectivity index (χ3v) is 7.07. The van der Waals surface area contributed by atoms with E-state index in [-0.39, 0.29) is 35.1 Å². The first-order valence-electron chi connectivity index (χ1n) is 14.9. The number of unbranched alkanes of at least 4 members (excludes halogenated alkanes) is 11. The molecule has 1 amide bonds. The van der Waals surface area contributed by atoms with Gasteiger partial charge in [-0.05, 0) is 18.6 Å². The average molecular weight is 614 g/mol. The second-order valence-electron chi connectivity index (χ2n) is 10.4. The van der Waals surface area contributed by atoms with Gasteiger partial charge >= 0.3 is 0 Å². The molecule has 0 saturated heterocycles. The number of nitrogens with one attached hydrogen (secondary N) is 1. The molecule has 2 aromatic carbocycles. The molecule has 40 heavy (non-hydrogen) atoms. The van der Waals surface area contributed by atoms with Crippen LogP contribution in [0.4, 0.5) is 10.1 Å². The van der Waals surface area contributed by atoms with E-state index in [0.29, 0.717) is 18.7 Å². The maximum Gasteiger partial charge on any atom is 0.228 e. The summed E-state index contributed by atoms with van der Waals surface area (Å²) in [5.74, 6) is -0.412. The second-order valence-corrected chi connectivity index (χ2v) is 10.4. The van der Waals surface area contributed by atoms with Crippen molar-refractivity contribution >= 4 is 11.6 Å². The number of hydrogen-bond acceptors (Lipinski definition) is 2. The van der Waals surface area contributed by atoms with Gasteiger partial charge in [0.05, 0.1) is 18.7 Å². The fourth-order valence-electron chi connectivity index (χ4n) is 4.86. The van der Waals surface area contributed by atoms with Crippen LogP contribution in [0.5, 0.6) is 5.75 Å². The van der Waals surface area contributed by atoms with Gasteiger partial charge < -0.3 is 27.0 Å². The van der Waals surface area contributed by atoms with E-state index in [1.54, 1.807) is 12.1 Å². The number of benzene rings is 2. The quantitative estimate of drug-likeness (QED) is 0.145. The Kier molecular flexibility index (Phi) is 16.9. The molecule has 218 valence electrons. The molecule has 0 spiro atoms. The zero-order valence-electron chi connectivity index (χ0n) is 24.1. The molecule has 0 bridgehead atoms. The minimum absolute atomic E-state index is 0. The predicted molar refractivity (Wildman–Crippen MR) is 157 cm³/mol. The van der Waals surface area contributed by atoms with E-state index in [1.165, 1.54) is 70.3 Å². The van der Waals surface area contributed by atoms with Crippen molar-refractivity contribution in [2.75, 3.05) is 11.9 Å². The highest BCUT2D eigenvalue weighted by atomic mass is 79.9. The molecule has 1 N–H and O–H groups in total. The van der Waals surface area contributed by atoms with Crippen LogP contribution < -0.4 is 31.6 Å². The molecule has 0 radical (unpaired) electrons. The summed E-state index contributed by atoms with van der Waals surface area (Å²) in [6.07, 6.45) is 19.2. The normalized spacial score (nSPS) is 10.7. The lowest BCUT2D eigenvalue weighted by atomic mass is 10.1. The largest absolute Gasteiger partial charge is 1.00 e. The highest BCUT2D eigenvalue weighted by Crippen LogP contribution is 2.25. The second kappa shape index (κ2) is 20.2. The number of nitrogens with zero attached hydrogens (tertiary/aromatic N) is 1. The van der Waals surface area contributed by atoms with Crippen molar-refractivity contribution in [1.29, 1.82) is 0 Å². The average Bonchev–Trinajstić information content (AvgIpc) is 2.94. The highest BCUT2D eigenvalue weighted by Gasteiger charge is 2.15. The summed E-state index contributed by atoms with van der Waals surface area (Å²) in [7, 11) is 0. The van der Waals surface area contributed by atoms with E-state index >= 15 is 0 Å². The number of aromatic nitrogens is 1. The van der Waals surface area contributed by atoms with Crippen molar-refractivity contribution in [3.05, 3.63) is 90.0 Å². The molecule has 0 atom stereocenters. The van der Waals surface area contributed by atoms with Crippen LogP contribution in [-0.2, 0) is 17.8 Å². The Morgan fingerprint density at radius 3 is 2.02 bits per heavy atom. The molecule has 1 heterocycles. The first-order valence-corrected chi connectivity index (χ1v) is 14.9. The Hall–Kier alpha value is -2.73. The van der Waals surface area contributed by atoms with E-state index in [0.717, 1.165) is 24.1 Å². The summed E-state index contributed by atoms with van der Waals surface area (Å²) in [6, 6.07) is 18.5. The molecule has 0 fully saturated rings. The van der Waals surface area contributed by atoms with Gasteiger partial charge in [-0.25, -0.2) is 8.96 Å². The van der Waals surface area contributed by atoms with Gasteiger partial charge in [0.2, 0.25) is 5.91 Å². The fourth-order valence-corrected chi connectivity index (χ4v) is 4.86. The number of amides is 1. The molecule has 6 heteroatoms. The maximum atomic E-state index is 14.6. The molecule has 0 aliphatic heterocycles. The van der Waals surface area contributed by atoms with E-state index in [4.69, 9.17) is 4.74 Å². The lowest BCUT2D eigenvalue weighted by Gasteiger charge is -2.13. The fraction of sp³-hybridized carbons (Fsp3) is 0.471. The van der Waals surface area contributed by atoms with Crippen LogP contribution in [-0.4, -0.2) is 12.5 Å². The molecule has 0 aliphatic rings. The molecule has 0 unspecified atom stereocenters. The minimum Gasteiger partial charge on any atom is -1.00 e. The van der Waals surface area contributed by atoms with Crippen molar-refractivity contribution in [3.63, 3.8) is 0 Å². The van der Waals surface area contributed by atoms with Gasteiger partial charge in [-0.15, -0.1) is 0 Å².